The van der Waals surface area contributed by atoms with Gasteiger partial charge in [0.1, 0.15) is 34.8 Å². The Morgan fingerprint density at radius 1 is 0.615 bits per heavy atom. The van der Waals surface area contributed by atoms with Gasteiger partial charge in [0.15, 0.2) is 0 Å². The van der Waals surface area contributed by atoms with Crippen LogP contribution < -0.4 is 9.47 Å². The van der Waals surface area contributed by atoms with Crippen molar-refractivity contribution in [2.75, 3.05) is 21.3 Å². The molecular formula is C43H44F4O5. The summed E-state index contributed by atoms with van der Waals surface area (Å²) in [6.07, 6.45) is 7.88. The topological polar surface area (TPSA) is 65.0 Å². The van der Waals surface area contributed by atoms with E-state index in [9.17, 15) is 27.5 Å². The van der Waals surface area contributed by atoms with E-state index >= 15 is 0 Å². The predicted octanol–water partition coefficient (Wildman–Crippen LogP) is 11.0. The summed E-state index contributed by atoms with van der Waals surface area (Å²) >= 11 is 0. The van der Waals surface area contributed by atoms with Gasteiger partial charge in [-0.1, -0.05) is 39.8 Å². The van der Waals surface area contributed by atoms with Crippen LogP contribution in [0.1, 0.15) is 80.4 Å². The van der Waals surface area contributed by atoms with E-state index in [2.05, 4.69) is 39.8 Å². The second-order valence-electron chi connectivity index (χ2n) is 14.3. The van der Waals surface area contributed by atoms with E-state index in [-0.39, 0.29) is 27.5 Å². The van der Waals surface area contributed by atoms with Gasteiger partial charge < -0.3 is 19.3 Å². The maximum atomic E-state index is 14.7. The molecule has 2 aliphatic rings. The zero-order valence-electron chi connectivity index (χ0n) is 30.6. The van der Waals surface area contributed by atoms with Gasteiger partial charge in [-0.15, -0.1) is 0 Å². The smallest absolute Gasteiger partial charge is 0.340 e. The largest absolute Gasteiger partial charge is 0.497 e. The lowest BCUT2D eigenvalue weighted by atomic mass is 9.79. The van der Waals surface area contributed by atoms with E-state index in [0.29, 0.717) is 33.8 Å². The molecule has 52 heavy (non-hydrogen) atoms. The third-order valence-corrected chi connectivity index (χ3v) is 10.1. The van der Waals surface area contributed by atoms with Crippen LogP contribution in [0.4, 0.5) is 17.6 Å². The summed E-state index contributed by atoms with van der Waals surface area (Å²) in [5, 5.41) is 9.46. The summed E-state index contributed by atoms with van der Waals surface area (Å²) in [6.45, 7) is 8.02. The molecule has 0 radical (unpaired) electrons. The molecule has 1 N–H and O–H groups in total. The number of carbonyl (C=O) groups excluding carboxylic acids is 1. The van der Waals surface area contributed by atoms with Crippen LogP contribution in [0, 0.1) is 34.1 Å². The Hall–Kier alpha value is -4.89. The summed E-state index contributed by atoms with van der Waals surface area (Å²) in [7, 11) is 4.20. The van der Waals surface area contributed by atoms with Crippen molar-refractivity contribution in [2.24, 2.45) is 10.8 Å². The van der Waals surface area contributed by atoms with E-state index < -0.39 is 35.8 Å². The predicted molar refractivity (Wildman–Crippen MR) is 196 cm³/mol. The standard InChI is InChI=1S/C22H22F2O3.C21H22F2O2/c1-22(2)9-5-6-18(22)15-11-17(21(25)27-4)20(24)12-14(15)16-10-13(26-3)7-8-19(16)23;1-21(2)8-4-5-18(21)16-9-13(12-24)20(23)11-15(16)17-10-14(25-3)6-7-19(17)22/h6-8,10-12H,5,9H2,1-4H3;5-7,9-11,24H,4,8,12H2,1-3H3. The Balaban J connectivity index is 0.000000202. The fourth-order valence-corrected chi connectivity index (χ4v) is 7.07. The van der Waals surface area contributed by atoms with Crippen LogP contribution in [0.15, 0.2) is 72.8 Å². The molecule has 274 valence electrons. The lowest BCUT2D eigenvalue weighted by Crippen LogP contribution is -2.12. The highest BCUT2D eigenvalue weighted by molar-refractivity contribution is 5.94. The normalized spacial score (nSPS) is 15.7. The van der Waals surface area contributed by atoms with Crippen molar-refractivity contribution in [1.29, 1.82) is 0 Å². The van der Waals surface area contributed by atoms with Gasteiger partial charge in [-0.3, -0.25) is 0 Å². The molecule has 0 saturated heterocycles. The number of carbonyl (C=O) groups is 1. The molecule has 2 aliphatic carbocycles. The summed E-state index contributed by atoms with van der Waals surface area (Å²) in [4.78, 5) is 12.0. The van der Waals surface area contributed by atoms with Gasteiger partial charge in [0.05, 0.1) is 33.5 Å². The van der Waals surface area contributed by atoms with E-state index in [0.717, 1.165) is 42.4 Å². The second-order valence-corrected chi connectivity index (χ2v) is 14.3. The maximum Gasteiger partial charge on any atom is 0.340 e. The molecule has 0 unspecified atom stereocenters. The highest BCUT2D eigenvalue weighted by atomic mass is 19.1. The van der Waals surface area contributed by atoms with Gasteiger partial charge in [-0.25, -0.2) is 22.4 Å². The molecule has 0 heterocycles. The SMILES string of the molecule is COC(=O)c1cc(C2=CCCC2(C)C)c(-c2cc(OC)ccc2F)cc1F.COc1ccc(F)c(-c2cc(F)c(CO)cc2C2=CCCC2(C)C)c1. The molecule has 9 heteroatoms. The zero-order chi connectivity index (χ0) is 38.0. The number of ether oxygens (including phenoxy) is 3. The first-order valence-corrected chi connectivity index (χ1v) is 17.1. The van der Waals surface area contributed by atoms with Crippen molar-refractivity contribution in [3.63, 3.8) is 0 Å². The van der Waals surface area contributed by atoms with E-state index in [1.807, 2.05) is 0 Å². The van der Waals surface area contributed by atoms with Gasteiger partial charge in [0.2, 0.25) is 0 Å². The van der Waals surface area contributed by atoms with Crippen LogP contribution in [-0.2, 0) is 11.3 Å². The average molecular weight is 717 g/mol. The van der Waals surface area contributed by atoms with Crippen molar-refractivity contribution >= 4 is 17.1 Å². The maximum absolute atomic E-state index is 14.7. The van der Waals surface area contributed by atoms with Crippen molar-refractivity contribution in [1.82, 2.24) is 0 Å². The number of hydrogen-bond acceptors (Lipinski definition) is 5. The Bertz CT molecular complexity index is 2060. The zero-order valence-corrected chi connectivity index (χ0v) is 30.6. The second kappa shape index (κ2) is 15.4. The quantitative estimate of drug-likeness (QED) is 0.145. The first kappa shape index (κ1) is 38.3. The monoisotopic (exact) mass is 716 g/mol. The van der Waals surface area contributed by atoms with Crippen molar-refractivity contribution in [2.45, 2.75) is 60.0 Å². The molecule has 4 aromatic rings. The van der Waals surface area contributed by atoms with Gasteiger partial charge in [0, 0.05) is 16.7 Å². The van der Waals surface area contributed by atoms with Crippen LogP contribution >= 0.6 is 0 Å². The van der Waals surface area contributed by atoms with Crippen LogP contribution in [0.25, 0.3) is 33.4 Å². The molecule has 5 nitrogen and oxygen atoms in total. The number of allylic oxidation sites excluding steroid dienone is 4. The number of rotatable bonds is 8. The van der Waals surface area contributed by atoms with Gasteiger partial charge in [0.25, 0.3) is 0 Å². The first-order chi connectivity index (χ1) is 24.6. The summed E-state index contributed by atoms with van der Waals surface area (Å²) in [6, 6.07) is 14.4. The number of aliphatic hydroxyl groups excluding tert-OH is 1. The molecule has 0 aliphatic heterocycles. The lowest BCUT2D eigenvalue weighted by Gasteiger charge is -2.25. The highest BCUT2D eigenvalue weighted by Gasteiger charge is 2.33. The summed E-state index contributed by atoms with van der Waals surface area (Å²) in [5.41, 5.74) is 4.59. The molecular weight excluding hydrogens is 672 g/mol. The highest BCUT2D eigenvalue weighted by Crippen LogP contribution is 2.49. The van der Waals surface area contributed by atoms with Crippen molar-refractivity contribution in [3.05, 3.63) is 118 Å². The summed E-state index contributed by atoms with van der Waals surface area (Å²) in [5.74, 6) is -2.00. The number of benzene rings is 4. The average Bonchev–Trinajstić information content (AvgIpc) is 3.67. The molecule has 0 atom stereocenters. The lowest BCUT2D eigenvalue weighted by molar-refractivity contribution is 0.0595. The van der Waals surface area contributed by atoms with Crippen LogP contribution in [-0.4, -0.2) is 32.4 Å². The van der Waals surface area contributed by atoms with Crippen molar-refractivity contribution < 1.29 is 41.7 Å². The number of methoxy groups -OCH3 is 3. The first-order valence-electron chi connectivity index (χ1n) is 17.1. The van der Waals surface area contributed by atoms with Gasteiger partial charge in [-0.2, -0.15) is 0 Å². The molecule has 0 bridgehead atoms. The van der Waals surface area contributed by atoms with Crippen molar-refractivity contribution in [3.8, 4) is 33.8 Å². The molecule has 4 aromatic carbocycles. The number of halogens is 4. The van der Waals surface area contributed by atoms with E-state index in [4.69, 9.17) is 14.2 Å². The third-order valence-electron chi connectivity index (χ3n) is 10.1. The Kier molecular flexibility index (Phi) is 11.3. The fraction of sp³-hybridized carbons (Fsp3) is 0.326. The van der Waals surface area contributed by atoms with Crippen LogP contribution in [0.5, 0.6) is 11.5 Å². The number of aliphatic hydroxyl groups is 1. The van der Waals surface area contributed by atoms with E-state index in [1.54, 1.807) is 12.1 Å². The van der Waals surface area contributed by atoms with E-state index in [1.165, 1.54) is 69.9 Å². The minimum absolute atomic E-state index is 0.0886. The molecule has 0 spiro atoms. The number of esters is 1. The number of hydrogen-bond donors (Lipinski definition) is 1. The molecule has 0 saturated carbocycles. The Morgan fingerprint density at radius 3 is 1.48 bits per heavy atom. The molecule has 0 aromatic heterocycles. The third kappa shape index (κ3) is 7.65. The van der Waals surface area contributed by atoms with Gasteiger partial charge >= 0.3 is 5.97 Å². The molecule has 0 amide bonds. The van der Waals surface area contributed by atoms with Gasteiger partial charge in [-0.05, 0) is 131 Å². The molecule has 0 fully saturated rings. The Labute approximate surface area is 302 Å². The Morgan fingerprint density at radius 2 is 1.08 bits per heavy atom. The van der Waals surface area contributed by atoms with Crippen LogP contribution in [0.2, 0.25) is 0 Å². The van der Waals surface area contributed by atoms with Crippen LogP contribution in [0.3, 0.4) is 0 Å². The summed E-state index contributed by atoms with van der Waals surface area (Å²) < 4.78 is 73.3. The minimum Gasteiger partial charge on any atom is -0.497 e. The fourth-order valence-electron chi connectivity index (χ4n) is 7.07. The minimum atomic E-state index is -0.761. The molecule has 6 rings (SSSR count).